The molecule has 0 aliphatic rings. The molecule has 8 heteroatoms. The summed E-state index contributed by atoms with van der Waals surface area (Å²) in [5.41, 5.74) is 1.53. The molecule has 0 saturated heterocycles. The van der Waals surface area contributed by atoms with E-state index in [4.69, 9.17) is 4.74 Å². The number of benzene rings is 2. The molecule has 0 aliphatic heterocycles. The fourth-order valence-corrected chi connectivity index (χ4v) is 4.39. The van der Waals surface area contributed by atoms with E-state index in [1.165, 1.54) is 18.9 Å². The van der Waals surface area contributed by atoms with Crippen molar-refractivity contribution in [1.29, 1.82) is 0 Å². The molecule has 3 rings (SSSR count). The van der Waals surface area contributed by atoms with Crippen LogP contribution in [0.1, 0.15) is 18.9 Å². The summed E-state index contributed by atoms with van der Waals surface area (Å²) < 4.78 is 32.2. The minimum absolute atomic E-state index is 0.0452. The van der Waals surface area contributed by atoms with Crippen LogP contribution in [0.15, 0.2) is 57.3 Å². The molecule has 0 N–H and O–H groups in total. The van der Waals surface area contributed by atoms with Gasteiger partial charge in [0.2, 0.25) is 0 Å². The summed E-state index contributed by atoms with van der Waals surface area (Å²) in [4.78, 5) is 17.9. The summed E-state index contributed by atoms with van der Waals surface area (Å²) in [6.07, 6.45) is 0.820. The summed E-state index contributed by atoms with van der Waals surface area (Å²) in [6.45, 7) is 2.60. The predicted molar refractivity (Wildman–Crippen MR) is 111 cm³/mol. The first-order valence-corrected chi connectivity index (χ1v) is 10.6. The Morgan fingerprint density at radius 3 is 2.71 bits per heavy atom. The zero-order valence-electron chi connectivity index (χ0n) is 15.5. The van der Waals surface area contributed by atoms with Crippen LogP contribution < -0.4 is 10.3 Å². The summed E-state index contributed by atoms with van der Waals surface area (Å²) in [6, 6.07) is 12.5. The van der Waals surface area contributed by atoms with Crippen LogP contribution in [-0.4, -0.2) is 22.4 Å². The summed E-state index contributed by atoms with van der Waals surface area (Å²) >= 11 is 1.91. The van der Waals surface area contributed by atoms with E-state index < -0.39 is 5.76 Å². The largest absolute Gasteiger partial charge is 0.496 e. The maximum atomic E-state index is 12.8. The maximum absolute atomic E-state index is 12.8. The van der Waals surface area contributed by atoms with Crippen LogP contribution in [-0.2, 0) is 12.3 Å². The van der Waals surface area contributed by atoms with Crippen LogP contribution in [0.25, 0.3) is 10.9 Å². The van der Waals surface area contributed by atoms with Crippen molar-refractivity contribution < 1.29 is 13.5 Å². The van der Waals surface area contributed by atoms with E-state index in [-0.39, 0.29) is 5.56 Å². The Morgan fingerprint density at radius 2 is 2.00 bits per heavy atom. The number of hydrogen-bond donors (Lipinski definition) is 0. The molecule has 1 heterocycles. The Labute approximate surface area is 170 Å². The first-order chi connectivity index (χ1) is 13.5. The third kappa shape index (κ3) is 4.67. The summed E-state index contributed by atoms with van der Waals surface area (Å²) in [5.74, 6) is -1.54. The molecule has 28 heavy (non-hydrogen) atoms. The van der Waals surface area contributed by atoms with Crippen LogP contribution in [0.4, 0.5) is 8.78 Å². The van der Waals surface area contributed by atoms with Gasteiger partial charge < -0.3 is 4.74 Å². The molecule has 1 aromatic heterocycles. The van der Waals surface area contributed by atoms with E-state index in [1.54, 1.807) is 28.8 Å². The molecule has 0 bridgehead atoms. The lowest BCUT2D eigenvalue weighted by molar-refractivity contribution is 0.251. The highest BCUT2D eigenvalue weighted by Crippen LogP contribution is 2.35. The van der Waals surface area contributed by atoms with Gasteiger partial charge in [0, 0.05) is 12.3 Å². The fraction of sp³-hybridized carbons (Fsp3) is 0.300. The van der Waals surface area contributed by atoms with Gasteiger partial charge in [0.1, 0.15) is 5.75 Å². The van der Waals surface area contributed by atoms with Crippen molar-refractivity contribution in [1.82, 2.24) is 9.55 Å². The number of nitrogens with zero attached hydrogens (tertiary/aromatic N) is 2. The van der Waals surface area contributed by atoms with Gasteiger partial charge in [0.05, 0.1) is 22.9 Å². The van der Waals surface area contributed by atoms with Crippen molar-refractivity contribution in [3.05, 3.63) is 58.4 Å². The van der Waals surface area contributed by atoms with Gasteiger partial charge in [-0.25, -0.2) is 4.98 Å². The maximum Gasteiger partial charge on any atom is 0.289 e. The molecular weight excluding hydrogens is 402 g/mol. The second-order valence-corrected chi connectivity index (χ2v) is 8.00. The number of halogens is 2. The minimum Gasteiger partial charge on any atom is -0.496 e. The van der Waals surface area contributed by atoms with Crippen molar-refractivity contribution in [3.63, 3.8) is 0 Å². The van der Waals surface area contributed by atoms with E-state index in [0.717, 1.165) is 12.0 Å². The molecule has 4 nitrogen and oxygen atoms in total. The number of alkyl halides is 2. The molecule has 0 fully saturated rings. The highest BCUT2D eigenvalue weighted by Gasteiger charge is 2.14. The molecule has 0 unspecified atom stereocenters. The van der Waals surface area contributed by atoms with Crippen LogP contribution in [0.2, 0.25) is 0 Å². The number of ether oxygens (including phenoxy) is 1. The van der Waals surface area contributed by atoms with Crippen molar-refractivity contribution in [3.8, 4) is 5.75 Å². The molecule has 0 spiro atoms. The monoisotopic (exact) mass is 422 g/mol. The van der Waals surface area contributed by atoms with Crippen LogP contribution in [0, 0.1) is 0 Å². The summed E-state index contributed by atoms with van der Waals surface area (Å²) in [5, 5.41) is 1.26. The molecule has 0 atom stereocenters. The lowest BCUT2D eigenvalue weighted by Gasteiger charge is -2.13. The second-order valence-electron chi connectivity index (χ2n) is 6.02. The van der Waals surface area contributed by atoms with Crippen molar-refractivity contribution >= 4 is 34.4 Å². The standard InChI is InChI=1S/C20H20F2N2O2S2/c1-3-10-24-18(25)14-6-4-5-7-15(14)23-20(24)27-12-13-8-9-17(28-19(21)22)16(11-13)26-2/h4-9,11,19H,3,10,12H2,1-2H3. The van der Waals surface area contributed by atoms with E-state index in [2.05, 4.69) is 4.98 Å². The normalized spacial score (nSPS) is 11.3. The van der Waals surface area contributed by atoms with E-state index in [0.29, 0.717) is 50.8 Å². The Morgan fingerprint density at radius 1 is 1.21 bits per heavy atom. The van der Waals surface area contributed by atoms with Crippen LogP contribution >= 0.6 is 23.5 Å². The Kier molecular flexibility index (Phi) is 6.96. The number of rotatable bonds is 8. The third-order valence-corrected chi connectivity index (χ3v) is 5.90. The molecule has 3 aromatic rings. The lowest BCUT2D eigenvalue weighted by Crippen LogP contribution is -2.23. The molecule has 0 saturated carbocycles. The molecule has 0 amide bonds. The Hall–Kier alpha value is -2.06. The zero-order chi connectivity index (χ0) is 20.1. The quantitative estimate of drug-likeness (QED) is 0.358. The Balaban J connectivity index is 1.89. The third-order valence-electron chi connectivity index (χ3n) is 4.09. The van der Waals surface area contributed by atoms with Gasteiger partial charge in [-0.05, 0) is 36.2 Å². The molecule has 0 radical (unpaired) electrons. The predicted octanol–water partition coefficient (Wildman–Crippen LogP) is 5.42. The average molecular weight is 423 g/mol. The van der Waals surface area contributed by atoms with Crippen LogP contribution in [0.5, 0.6) is 5.75 Å². The number of thioether (sulfide) groups is 2. The van der Waals surface area contributed by atoms with Crippen molar-refractivity contribution in [2.75, 3.05) is 7.11 Å². The highest BCUT2D eigenvalue weighted by molar-refractivity contribution is 7.99. The van der Waals surface area contributed by atoms with Gasteiger partial charge >= 0.3 is 0 Å². The van der Waals surface area contributed by atoms with Gasteiger partial charge in [0.25, 0.3) is 11.3 Å². The van der Waals surface area contributed by atoms with E-state index >= 15 is 0 Å². The minimum atomic E-state index is -2.50. The number of aromatic nitrogens is 2. The van der Waals surface area contributed by atoms with E-state index in [1.807, 2.05) is 25.1 Å². The second kappa shape index (κ2) is 9.43. The molecular formula is C20H20F2N2O2S2. The first-order valence-electron chi connectivity index (χ1n) is 8.77. The SMILES string of the molecule is CCCn1c(SCc2ccc(SC(F)F)c(OC)c2)nc2ccccc2c1=O. The number of para-hydroxylation sites is 1. The molecule has 148 valence electrons. The van der Waals surface area contributed by atoms with E-state index in [9.17, 15) is 13.6 Å². The van der Waals surface area contributed by atoms with Gasteiger partial charge in [-0.15, -0.1) is 0 Å². The van der Waals surface area contributed by atoms with Gasteiger partial charge in [-0.2, -0.15) is 8.78 Å². The lowest BCUT2D eigenvalue weighted by atomic mass is 10.2. The fourth-order valence-electron chi connectivity index (χ4n) is 2.82. The van der Waals surface area contributed by atoms with Crippen molar-refractivity contribution in [2.24, 2.45) is 0 Å². The highest BCUT2D eigenvalue weighted by atomic mass is 32.2. The number of hydrogen-bond acceptors (Lipinski definition) is 5. The number of fused-ring (bicyclic) bond motifs is 1. The summed E-state index contributed by atoms with van der Waals surface area (Å²) in [7, 11) is 1.46. The van der Waals surface area contributed by atoms with Crippen molar-refractivity contribution in [2.45, 2.75) is 41.5 Å². The zero-order valence-corrected chi connectivity index (χ0v) is 17.2. The topological polar surface area (TPSA) is 44.1 Å². The smallest absolute Gasteiger partial charge is 0.289 e. The van der Waals surface area contributed by atoms with Gasteiger partial charge in [-0.1, -0.05) is 48.6 Å². The van der Waals surface area contributed by atoms with Gasteiger partial charge in [-0.3, -0.25) is 9.36 Å². The first kappa shape index (κ1) is 20.7. The Bertz CT molecular complexity index is 1020. The molecule has 0 aliphatic carbocycles. The average Bonchev–Trinajstić information content (AvgIpc) is 2.69. The van der Waals surface area contributed by atoms with Crippen LogP contribution in [0.3, 0.4) is 0 Å². The molecule has 2 aromatic carbocycles. The van der Waals surface area contributed by atoms with Gasteiger partial charge in [0.15, 0.2) is 5.16 Å². The number of methoxy groups -OCH3 is 1.